The molecule has 24 heavy (non-hydrogen) atoms. The van der Waals surface area contributed by atoms with Crippen molar-refractivity contribution in [2.24, 2.45) is 11.1 Å². The summed E-state index contributed by atoms with van der Waals surface area (Å²) in [5.74, 6) is 0.270. The summed E-state index contributed by atoms with van der Waals surface area (Å²) in [5, 5.41) is 5.12. The number of primary sulfonamides is 1. The molecule has 0 aliphatic carbocycles. The zero-order valence-corrected chi connectivity index (χ0v) is 14.3. The molecule has 0 radical (unpaired) electrons. The van der Waals surface area contributed by atoms with Gasteiger partial charge in [-0.3, -0.25) is 4.79 Å². The Kier molecular flexibility index (Phi) is 4.47. The SMILES string of the molecule is Cc1oc(C(=O)N2CCC(Cc3ccccc3)C2)cc1S(N)(=O)=O. The van der Waals surface area contributed by atoms with Crippen LogP contribution in [0, 0.1) is 12.8 Å². The third-order valence-corrected chi connectivity index (χ3v) is 5.35. The first-order valence-electron chi connectivity index (χ1n) is 7.81. The van der Waals surface area contributed by atoms with Crippen molar-refractivity contribution < 1.29 is 17.6 Å². The summed E-state index contributed by atoms with van der Waals surface area (Å²) in [7, 11) is -3.89. The lowest BCUT2D eigenvalue weighted by atomic mass is 9.99. The number of sulfonamides is 1. The third kappa shape index (κ3) is 3.52. The Labute approximate surface area is 141 Å². The van der Waals surface area contributed by atoms with Gasteiger partial charge in [0, 0.05) is 19.2 Å². The van der Waals surface area contributed by atoms with E-state index in [-0.39, 0.29) is 22.3 Å². The number of nitrogens with two attached hydrogens (primary N) is 1. The number of nitrogens with zero attached hydrogens (tertiary/aromatic N) is 1. The molecule has 1 aromatic heterocycles. The van der Waals surface area contributed by atoms with Crippen LogP contribution in [0.25, 0.3) is 0 Å². The van der Waals surface area contributed by atoms with Crippen molar-refractivity contribution in [2.45, 2.75) is 24.7 Å². The van der Waals surface area contributed by atoms with E-state index in [2.05, 4.69) is 12.1 Å². The molecule has 128 valence electrons. The number of rotatable bonds is 4. The van der Waals surface area contributed by atoms with Crippen LogP contribution in [0.5, 0.6) is 0 Å². The molecule has 1 aliphatic rings. The second-order valence-corrected chi connectivity index (χ2v) is 7.70. The molecule has 1 unspecified atom stereocenters. The van der Waals surface area contributed by atoms with Gasteiger partial charge >= 0.3 is 0 Å². The van der Waals surface area contributed by atoms with E-state index >= 15 is 0 Å². The second-order valence-electron chi connectivity index (χ2n) is 6.17. The van der Waals surface area contributed by atoms with Gasteiger partial charge in [-0.1, -0.05) is 30.3 Å². The van der Waals surface area contributed by atoms with Gasteiger partial charge < -0.3 is 9.32 Å². The summed E-state index contributed by atoms with van der Waals surface area (Å²) < 4.78 is 28.2. The molecule has 1 saturated heterocycles. The van der Waals surface area contributed by atoms with E-state index in [0.29, 0.717) is 19.0 Å². The van der Waals surface area contributed by atoms with Gasteiger partial charge in [-0.05, 0) is 31.2 Å². The van der Waals surface area contributed by atoms with Gasteiger partial charge in [0.25, 0.3) is 5.91 Å². The largest absolute Gasteiger partial charge is 0.455 e. The lowest BCUT2D eigenvalue weighted by molar-refractivity contribution is 0.0754. The summed E-state index contributed by atoms with van der Waals surface area (Å²) in [6, 6.07) is 11.4. The molecule has 2 heterocycles. The predicted molar refractivity (Wildman–Crippen MR) is 89.0 cm³/mol. The molecular formula is C17H20N2O4S. The standard InChI is InChI=1S/C17H20N2O4S/c1-12-16(24(18,21)22)10-15(23-12)17(20)19-8-7-14(11-19)9-13-5-3-2-4-6-13/h2-6,10,14H,7-9,11H2,1H3,(H2,18,21,22). The van der Waals surface area contributed by atoms with Gasteiger partial charge in [0.1, 0.15) is 10.7 Å². The monoisotopic (exact) mass is 348 g/mol. The van der Waals surface area contributed by atoms with E-state index in [9.17, 15) is 13.2 Å². The van der Waals surface area contributed by atoms with Crippen molar-refractivity contribution in [1.82, 2.24) is 4.90 Å². The number of carbonyl (C=O) groups is 1. The molecule has 6 nitrogen and oxygen atoms in total. The number of likely N-dealkylation sites (tertiary alicyclic amines) is 1. The molecular weight excluding hydrogens is 328 g/mol. The zero-order valence-electron chi connectivity index (χ0n) is 13.4. The van der Waals surface area contributed by atoms with Crippen LogP contribution in [0.15, 0.2) is 45.7 Å². The van der Waals surface area contributed by atoms with Crippen LogP contribution >= 0.6 is 0 Å². The van der Waals surface area contributed by atoms with Gasteiger partial charge in [-0.15, -0.1) is 0 Å². The summed E-state index contributed by atoms with van der Waals surface area (Å²) >= 11 is 0. The average Bonchev–Trinajstić information content (AvgIpc) is 3.14. The normalized spacial score (nSPS) is 18.1. The van der Waals surface area contributed by atoms with Crippen LogP contribution in [0.4, 0.5) is 0 Å². The Hall–Kier alpha value is -2.12. The minimum Gasteiger partial charge on any atom is -0.455 e. The molecule has 1 fully saturated rings. The number of carbonyl (C=O) groups excluding carboxylic acids is 1. The van der Waals surface area contributed by atoms with E-state index in [1.54, 1.807) is 4.90 Å². The first-order chi connectivity index (χ1) is 11.3. The molecule has 0 bridgehead atoms. The fraction of sp³-hybridized carbons (Fsp3) is 0.353. The van der Waals surface area contributed by atoms with Crippen LogP contribution in [0.3, 0.4) is 0 Å². The van der Waals surface area contributed by atoms with Crippen molar-refractivity contribution >= 4 is 15.9 Å². The predicted octanol–water partition coefficient (Wildman–Crippen LogP) is 1.94. The number of furan rings is 1. The minimum absolute atomic E-state index is 0.0249. The summed E-state index contributed by atoms with van der Waals surface area (Å²) in [5.41, 5.74) is 1.25. The van der Waals surface area contributed by atoms with Gasteiger partial charge in [-0.2, -0.15) is 0 Å². The summed E-state index contributed by atoms with van der Waals surface area (Å²) in [6.07, 6.45) is 1.84. The number of hydrogen-bond acceptors (Lipinski definition) is 4. The molecule has 1 amide bonds. The van der Waals surface area contributed by atoms with Crippen LogP contribution in [-0.2, 0) is 16.4 Å². The van der Waals surface area contributed by atoms with Crippen LogP contribution in [0.1, 0.15) is 28.3 Å². The van der Waals surface area contributed by atoms with E-state index in [1.165, 1.54) is 18.6 Å². The van der Waals surface area contributed by atoms with E-state index in [1.807, 2.05) is 18.2 Å². The van der Waals surface area contributed by atoms with E-state index in [0.717, 1.165) is 12.8 Å². The molecule has 7 heteroatoms. The number of benzene rings is 1. The van der Waals surface area contributed by atoms with Crippen molar-refractivity contribution in [3.05, 3.63) is 53.5 Å². The molecule has 1 aliphatic heterocycles. The average molecular weight is 348 g/mol. The maximum absolute atomic E-state index is 12.5. The fourth-order valence-electron chi connectivity index (χ4n) is 3.14. The Balaban J connectivity index is 1.69. The lowest BCUT2D eigenvalue weighted by Gasteiger charge is -2.15. The van der Waals surface area contributed by atoms with Crippen molar-refractivity contribution in [3.63, 3.8) is 0 Å². The lowest BCUT2D eigenvalue weighted by Crippen LogP contribution is -2.28. The first-order valence-corrected chi connectivity index (χ1v) is 9.35. The highest BCUT2D eigenvalue weighted by molar-refractivity contribution is 7.89. The second kappa shape index (κ2) is 6.41. The number of hydrogen-bond donors (Lipinski definition) is 1. The molecule has 2 N–H and O–H groups in total. The Bertz CT molecular complexity index is 843. The highest BCUT2D eigenvalue weighted by Crippen LogP contribution is 2.25. The van der Waals surface area contributed by atoms with Crippen LogP contribution in [-0.4, -0.2) is 32.3 Å². The van der Waals surface area contributed by atoms with Crippen LogP contribution in [0.2, 0.25) is 0 Å². The Morgan fingerprint density at radius 1 is 1.33 bits per heavy atom. The smallest absolute Gasteiger partial charge is 0.289 e. The maximum atomic E-state index is 12.5. The van der Waals surface area contributed by atoms with Gasteiger partial charge in [-0.25, -0.2) is 13.6 Å². The Morgan fingerprint density at radius 2 is 2.04 bits per heavy atom. The van der Waals surface area contributed by atoms with Crippen molar-refractivity contribution in [1.29, 1.82) is 0 Å². The molecule has 1 atom stereocenters. The molecule has 3 rings (SSSR count). The number of aryl methyl sites for hydroxylation is 1. The maximum Gasteiger partial charge on any atom is 0.289 e. The third-order valence-electron chi connectivity index (χ3n) is 4.33. The molecule has 0 saturated carbocycles. The van der Waals surface area contributed by atoms with Crippen LogP contribution < -0.4 is 5.14 Å². The highest BCUT2D eigenvalue weighted by Gasteiger charge is 2.30. The first kappa shape index (κ1) is 16.7. The van der Waals surface area contributed by atoms with E-state index in [4.69, 9.17) is 9.56 Å². The molecule has 2 aromatic rings. The highest BCUT2D eigenvalue weighted by atomic mass is 32.2. The molecule has 1 aromatic carbocycles. The van der Waals surface area contributed by atoms with E-state index < -0.39 is 10.0 Å². The van der Waals surface area contributed by atoms with Gasteiger partial charge in [0.05, 0.1) is 0 Å². The van der Waals surface area contributed by atoms with Gasteiger partial charge in [0.15, 0.2) is 5.76 Å². The Morgan fingerprint density at radius 3 is 2.67 bits per heavy atom. The fourth-order valence-corrected chi connectivity index (χ4v) is 3.85. The minimum atomic E-state index is -3.89. The topological polar surface area (TPSA) is 93.6 Å². The summed E-state index contributed by atoms with van der Waals surface area (Å²) in [6.45, 7) is 2.76. The zero-order chi connectivity index (χ0) is 17.3. The molecule has 0 spiro atoms. The van der Waals surface area contributed by atoms with Gasteiger partial charge in [0.2, 0.25) is 10.0 Å². The van der Waals surface area contributed by atoms with Crippen molar-refractivity contribution in [3.8, 4) is 0 Å². The quantitative estimate of drug-likeness (QED) is 0.914. The number of amides is 1. The summed E-state index contributed by atoms with van der Waals surface area (Å²) in [4.78, 5) is 14.1. The van der Waals surface area contributed by atoms with Crippen molar-refractivity contribution in [2.75, 3.05) is 13.1 Å².